The first kappa shape index (κ1) is 13.5. The maximum Gasteiger partial charge on any atom is 0.241 e. The number of benzene rings is 1. The van der Waals surface area contributed by atoms with Gasteiger partial charge in [0.2, 0.25) is 10.0 Å². The van der Waals surface area contributed by atoms with E-state index >= 15 is 0 Å². The van der Waals surface area contributed by atoms with Gasteiger partial charge in [-0.25, -0.2) is 13.1 Å². The summed E-state index contributed by atoms with van der Waals surface area (Å²) in [6.45, 7) is 1.40. The molecular weight excluding hydrogens is 274 g/mol. The van der Waals surface area contributed by atoms with Crippen molar-refractivity contribution in [2.45, 2.75) is 23.8 Å². The monoisotopic (exact) mass is 291 g/mol. The number of pyridine rings is 1. The highest BCUT2D eigenvalue weighted by Gasteiger charge is 2.20. The summed E-state index contributed by atoms with van der Waals surface area (Å²) in [7, 11) is -3.49. The Balaban J connectivity index is 1.88. The molecule has 0 aliphatic carbocycles. The van der Waals surface area contributed by atoms with Crippen molar-refractivity contribution < 1.29 is 8.42 Å². The summed E-state index contributed by atoms with van der Waals surface area (Å²) < 4.78 is 27.6. The number of rotatable bonds is 4. The predicted molar refractivity (Wildman–Crippen MR) is 78.0 cm³/mol. The van der Waals surface area contributed by atoms with E-state index in [4.69, 9.17) is 0 Å². The number of hydrogen-bond donors (Lipinski definition) is 2. The molecule has 0 amide bonds. The third-order valence-electron chi connectivity index (χ3n) is 3.61. The minimum Gasteiger partial charge on any atom is -0.313 e. The van der Waals surface area contributed by atoms with Crippen LogP contribution in [-0.2, 0) is 10.0 Å². The summed E-state index contributed by atoms with van der Waals surface area (Å²) in [5, 5.41) is 4.81. The molecule has 1 atom stereocenters. The van der Waals surface area contributed by atoms with E-state index in [2.05, 4.69) is 15.0 Å². The molecule has 1 saturated heterocycles. The van der Waals surface area contributed by atoms with E-state index < -0.39 is 10.0 Å². The van der Waals surface area contributed by atoms with E-state index in [-0.39, 0.29) is 6.04 Å². The van der Waals surface area contributed by atoms with Crippen LogP contribution in [0.2, 0.25) is 0 Å². The molecule has 1 fully saturated rings. The molecule has 3 rings (SSSR count). The summed E-state index contributed by atoms with van der Waals surface area (Å²) in [6, 6.07) is 7.21. The van der Waals surface area contributed by atoms with Gasteiger partial charge >= 0.3 is 0 Å². The number of fused-ring (bicyclic) bond motifs is 1. The second-order valence-electron chi connectivity index (χ2n) is 5.00. The molecule has 0 saturated carbocycles. The average Bonchev–Trinajstić information content (AvgIpc) is 2.98. The minimum absolute atomic E-state index is 0.237. The highest BCUT2D eigenvalue weighted by atomic mass is 32.2. The fourth-order valence-electron chi connectivity index (χ4n) is 2.55. The topological polar surface area (TPSA) is 71.1 Å². The van der Waals surface area contributed by atoms with Gasteiger partial charge in [-0.1, -0.05) is 12.1 Å². The minimum atomic E-state index is -3.49. The molecular formula is C14H17N3O2S. The van der Waals surface area contributed by atoms with E-state index in [9.17, 15) is 8.42 Å². The van der Waals surface area contributed by atoms with Gasteiger partial charge in [0.15, 0.2) is 0 Å². The summed E-state index contributed by atoms with van der Waals surface area (Å²) in [5.41, 5.74) is 0. The van der Waals surface area contributed by atoms with Crippen LogP contribution in [0.15, 0.2) is 41.6 Å². The Morgan fingerprint density at radius 3 is 3.05 bits per heavy atom. The summed E-state index contributed by atoms with van der Waals surface area (Å²) >= 11 is 0. The molecule has 2 heterocycles. The van der Waals surface area contributed by atoms with Crippen molar-refractivity contribution in [3.8, 4) is 0 Å². The van der Waals surface area contributed by atoms with E-state index in [1.807, 2.05) is 6.07 Å². The average molecular weight is 291 g/mol. The molecule has 2 aromatic rings. The number of hydrogen-bond acceptors (Lipinski definition) is 4. The number of nitrogens with zero attached hydrogens (tertiary/aromatic N) is 1. The molecule has 6 heteroatoms. The van der Waals surface area contributed by atoms with Crippen LogP contribution in [0.3, 0.4) is 0 Å². The molecule has 1 aliphatic heterocycles. The van der Waals surface area contributed by atoms with Crippen LogP contribution in [-0.4, -0.2) is 32.5 Å². The zero-order chi connectivity index (χ0) is 14.0. The van der Waals surface area contributed by atoms with Crippen molar-refractivity contribution in [3.05, 3.63) is 36.7 Å². The highest BCUT2D eigenvalue weighted by Crippen LogP contribution is 2.21. The third kappa shape index (κ3) is 2.67. The van der Waals surface area contributed by atoms with Crippen molar-refractivity contribution in [2.24, 2.45) is 0 Å². The Hall–Kier alpha value is -1.50. The zero-order valence-corrected chi connectivity index (χ0v) is 11.9. The molecule has 1 aromatic heterocycles. The maximum absolute atomic E-state index is 12.4. The number of sulfonamides is 1. The third-order valence-corrected chi connectivity index (χ3v) is 5.09. The van der Waals surface area contributed by atoms with Gasteiger partial charge < -0.3 is 5.32 Å². The maximum atomic E-state index is 12.4. The van der Waals surface area contributed by atoms with Crippen LogP contribution >= 0.6 is 0 Å². The molecule has 1 aromatic carbocycles. The van der Waals surface area contributed by atoms with Crippen molar-refractivity contribution >= 4 is 20.8 Å². The van der Waals surface area contributed by atoms with Gasteiger partial charge in [-0.15, -0.1) is 0 Å². The van der Waals surface area contributed by atoms with Crippen LogP contribution < -0.4 is 10.0 Å². The Morgan fingerprint density at radius 1 is 1.35 bits per heavy atom. The van der Waals surface area contributed by atoms with Gasteiger partial charge in [0.1, 0.15) is 0 Å². The largest absolute Gasteiger partial charge is 0.313 e. The van der Waals surface area contributed by atoms with E-state index in [0.717, 1.165) is 24.8 Å². The zero-order valence-electron chi connectivity index (χ0n) is 11.0. The summed E-state index contributed by atoms with van der Waals surface area (Å²) in [4.78, 5) is 4.34. The lowest BCUT2D eigenvalue weighted by Crippen LogP contribution is -2.37. The van der Waals surface area contributed by atoms with Crippen molar-refractivity contribution in [1.29, 1.82) is 0 Å². The first-order valence-corrected chi connectivity index (χ1v) is 8.21. The van der Waals surface area contributed by atoms with Crippen molar-refractivity contribution in [3.63, 3.8) is 0 Å². The van der Waals surface area contributed by atoms with E-state index in [1.54, 1.807) is 30.6 Å². The van der Waals surface area contributed by atoms with Crippen LogP contribution in [0, 0.1) is 0 Å². The van der Waals surface area contributed by atoms with Gasteiger partial charge in [0.05, 0.1) is 4.90 Å². The summed E-state index contributed by atoms with van der Waals surface area (Å²) in [6.07, 6.45) is 5.40. The molecule has 1 aliphatic rings. The van der Waals surface area contributed by atoms with Gasteiger partial charge in [0.25, 0.3) is 0 Å². The Bertz CT molecular complexity index is 704. The van der Waals surface area contributed by atoms with Crippen molar-refractivity contribution in [1.82, 2.24) is 15.0 Å². The second-order valence-corrected chi connectivity index (χ2v) is 6.73. The number of aromatic nitrogens is 1. The Kier molecular flexibility index (Phi) is 3.69. The molecule has 0 unspecified atom stereocenters. The summed E-state index contributed by atoms with van der Waals surface area (Å²) in [5.74, 6) is 0. The van der Waals surface area contributed by atoms with Gasteiger partial charge in [-0.2, -0.15) is 0 Å². The highest BCUT2D eigenvalue weighted by molar-refractivity contribution is 7.89. The lowest BCUT2D eigenvalue weighted by Gasteiger charge is -2.13. The predicted octanol–water partition coefficient (Wildman–Crippen LogP) is 1.27. The fraction of sp³-hybridized carbons (Fsp3) is 0.357. The molecule has 5 nitrogen and oxygen atoms in total. The normalized spacial score (nSPS) is 19.5. The molecule has 0 spiro atoms. The first-order chi connectivity index (χ1) is 9.67. The second kappa shape index (κ2) is 5.47. The quantitative estimate of drug-likeness (QED) is 0.890. The standard InChI is InChI=1S/C14H17N3O2S/c18-20(19,17-10-12-4-2-7-16-12)14-5-1-3-11-9-15-8-6-13(11)14/h1,3,5-6,8-9,12,16-17H,2,4,7,10H2/t12-/m1/s1. The molecule has 2 N–H and O–H groups in total. The first-order valence-electron chi connectivity index (χ1n) is 6.72. The van der Waals surface area contributed by atoms with Crippen molar-refractivity contribution in [2.75, 3.05) is 13.1 Å². The van der Waals surface area contributed by atoms with Crippen LogP contribution in [0.25, 0.3) is 10.8 Å². The van der Waals surface area contributed by atoms with Gasteiger partial charge in [0, 0.05) is 35.8 Å². The lowest BCUT2D eigenvalue weighted by atomic mass is 10.2. The smallest absolute Gasteiger partial charge is 0.241 e. The van der Waals surface area contributed by atoms with E-state index in [1.165, 1.54) is 0 Å². The van der Waals surface area contributed by atoms with E-state index in [0.29, 0.717) is 16.8 Å². The number of nitrogens with one attached hydrogen (secondary N) is 2. The van der Waals surface area contributed by atoms with Crippen LogP contribution in [0.4, 0.5) is 0 Å². The Morgan fingerprint density at radius 2 is 2.25 bits per heavy atom. The van der Waals surface area contributed by atoms with Crippen LogP contribution in [0.1, 0.15) is 12.8 Å². The van der Waals surface area contributed by atoms with Crippen LogP contribution in [0.5, 0.6) is 0 Å². The Labute approximate surface area is 118 Å². The fourth-order valence-corrected chi connectivity index (χ4v) is 3.86. The molecule has 106 valence electrons. The lowest BCUT2D eigenvalue weighted by molar-refractivity contribution is 0.552. The van der Waals surface area contributed by atoms with Gasteiger partial charge in [-0.3, -0.25) is 4.98 Å². The molecule has 20 heavy (non-hydrogen) atoms. The molecule has 0 radical (unpaired) electrons. The van der Waals surface area contributed by atoms with Gasteiger partial charge in [-0.05, 0) is 31.5 Å². The molecule has 0 bridgehead atoms. The SMILES string of the molecule is O=S(=O)(NC[C@H]1CCCN1)c1cccc2cnccc12.